The van der Waals surface area contributed by atoms with Gasteiger partial charge in [0.2, 0.25) is 17.6 Å². The van der Waals surface area contributed by atoms with Gasteiger partial charge < -0.3 is 19.1 Å². The van der Waals surface area contributed by atoms with Crippen molar-refractivity contribution >= 4 is 11.8 Å². The average Bonchev–Trinajstić information content (AvgIpc) is 3.34. The van der Waals surface area contributed by atoms with Crippen LogP contribution in [0.5, 0.6) is 0 Å². The van der Waals surface area contributed by atoms with Gasteiger partial charge in [-0.1, -0.05) is 17.3 Å². The van der Waals surface area contributed by atoms with Crippen LogP contribution in [0.15, 0.2) is 28.8 Å². The number of rotatable bonds is 3. The number of likely N-dealkylation sites (tertiary alicyclic amines) is 1. The molecule has 11 heteroatoms. The summed E-state index contributed by atoms with van der Waals surface area (Å²) in [6, 6.07) is 4.63. The number of nitrogens with zero attached hydrogens (tertiary/aromatic N) is 4. The van der Waals surface area contributed by atoms with Gasteiger partial charge in [-0.25, -0.2) is 0 Å². The van der Waals surface area contributed by atoms with E-state index in [2.05, 4.69) is 10.1 Å². The maximum atomic E-state index is 12.9. The molecule has 2 amide bonds. The molecule has 160 valence electrons. The van der Waals surface area contributed by atoms with Gasteiger partial charge in [0.25, 0.3) is 5.89 Å². The van der Waals surface area contributed by atoms with Gasteiger partial charge in [-0.15, -0.1) is 0 Å². The van der Waals surface area contributed by atoms with E-state index in [-0.39, 0.29) is 48.7 Å². The van der Waals surface area contributed by atoms with Crippen LogP contribution in [0.2, 0.25) is 0 Å². The molecule has 1 aromatic heterocycles. The number of halogens is 3. The van der Waals surface area contributed by atoms with Crippen LogP contribution in [0, 0.1) is 5.92 Å². The van der Waals surface area contributed by atoms with E-state index in [1.165, 1.54) is 17.0 Å². The summed E-state index contributed by atoms with van der Waals surface area (Å²) < 4.78 is 49.6. The van der Waals surface area contributed by atoms with E-state index in [4.69, 9.17) is 9.26 Å². The average molecular weight is 424 g/mol. The summed E-state index contributed by atoms with van der Waals surface area (Å²) in [5.74, 6) is -0.519. The highest BCUT2D eigenvalue weighted by atomic mass is 19.4. The fourth-order valence-corrected chi connectivity index (χ4v) is 3.60. The molecule has 8 nitrogen and oxygen atoms in total. The molecule has 0 saturated carbocycles. The second-order valence-electron chi connectivity index (χ2n) is 7.35. The van der Waals surface area contributed by atoms with Gasteiger partial charge in [-0.3, -0.25) is 9.59 Å². The van der Waals surface area contributed by atoms with Gasteiger partial charge in [0.1, 0.15) is 0 Å². The van der Waals surface area contributed by atoms with E-state index >= 15 is 0 Å². The second-order valence-corrected chi connectivity index (χ2v) is 7.35. The van der Waals surface area contributed by atoms with Crippen LogP contribution in [-0.2, 0) is 20.5 Å². The molecule has 1 aromatic carbocycles. The summed E-state index contributed by atoms with van der Waals surface area (Å²) in [4.78, 5) is 31.7. The van der Waals surface area contributed by atoms with Crippen molar-refractivity contribution in [1.82, 2.24) is 19.9 Å². The Morgan fingerprint density at radius 2 is 2.07 bits per heavy atom. The lowest BCUT2D eigenvalue weighted by Gasteiger charge is -2.32. The molecule has 2 aliphatic rings. The van der Waals surface area contributed by atoms with E-state index < -0.39 is 23.8 Å². The topological polar surface area (TPSA) is 88.8 Å². The standard InChI is InChI=1S/C19H19F3N4O4/c1-25-9-12(8-15(25)27)18(28)26-5-6-29-14(10-26)17-23-16(24-30-17)11-3-2-4-13(7-11)19(20,21)22/h2-4,7,12,14H,5-6,8-10H2,1H3/t12-,14+/m1/s1. The van der Waals surface area contributed by atoms with Crippen molar-refractivity contribution in [2.24, 2.45) is 5.92 Å². The van der Waals surface area contributed by atoms with E-state index in [0.29, 0.717) is 13.1 Å². The van der Waals surface area contributed by atoms with Gasteiger partial charge in [0.05, 0.1) is 24.6 Å². The van der Waals surface area contributed by atoms with Crippen molar-refractivity contribution in [3.8, 4) is 11.4 Å². The summed E-state index contributed by atoms with van der Waals surface area (Å²) in [6.07, 6.45) is -4.99. The second kappa shape index (κ2) is 7.71. The highest BCUT2D eigenvalue weighted by Crippen LogP contribution is 2.32. The zero-order chi connectivity index (χ0) is 21.5. The van der Waals surface area contributed by atoms with Crippen molar-refractivity contribution < 1.29 is 32.0 Å². The SMILES string of the molecule is CN1C[C@H](C(=O)N2CCO[C@H](c3nc(-c4cccc(C(F)(F)F)c4)no3)C2)CC1=O. The third kappa shape index (κ3) is 4.02. The third-order valence-electron chi connectivity index (χ3n) is 5.23. The Kier molecular flexibility index (Phi) is 5.22. The summed E-state index contributed by atoms with van der Waals surface area (Å²) in [5.41, 5.74) is -0.649. The zero-order valence-corrected chi connectivity index (χ0v) is 16.1. The van der Waals surface area contributed by atoms with Gasteiger partial charge >= 0.3 is 6.18 Å². The number of morpholine rings is 1. The Bertz CT molecular complexity index is 961. The Balaban J connectivity index is 1.47. The van der Waals surface area contributed by atoms with Crippen LogP contribution < -0.4 is 0 Å². The molecule has 0 radical (unpaired) electrons. The third-order valence-corrected chi connectivity index (χ3v) is 5.23. The van der Waals surface area contributed by atoms with Crippen molar-refractivity contribution in [1.29, 1.82) is 0 Å². The quantitative estimate of drug-likeness (QED) is 0.750. The minimum atomic E-state index is -4.48. The minimum Gasteiger partial charge on any atom is -0.365 e. The Hall–Kier alpha value is -2.95. The molecule has 0 spiro atoms. The number of benzene rings is 1. The van der Waals surface area contributed by atoms with Gasteiger partial charge in [0, 0.05) is 32.1 Å². The normalized spacial score (nSPS) is 22.6. The van der Waals surface area contributed by atoms with Crippen molar-refractivity contribution in [2.75, 3.05) is 33.3 Å². The minimum absolute atomic E-state index is 0.00571. The largest absolute Gasteiger partial charge is 0.416 e. The number of hydrogen-bond acceptors (Lipinski definition) is 6. The molecule has 2 atom stereocenters. The molecule has 2 aromatic rings. The fraction of sp³-hybridized carbons (Fsp3) is 0.474. The first-order chi connectivity index (χ1) is 14.2. The number of carbonyl (C=O) groups is 2. The summed E-state index contributed by atoms with van der Waals surface area (Å²) in [6.45, 7) is 1.16. The molecule has 2 saturated heterocycles. The van der Waals surface area contributed by atoms with Crippen LogP contribution in [-0.4, -0.2) is 65.0 Å². The Labute approximate surface area is 169 Å². The summed E-state index contributed by atoms with van der Waals surface area (Å²) in [7, 11) is 1.66. The first-order valence-corrected chi connectivity index (χ1v) is 9.38. The molecular formula is C19H19F3N4O4. The number of aromatic nitrogens is 2. The molecule has 30 heavy (non-hydrogen) atoms. The molecule has 0 N–H and O–H groups in total. The molecule has 0 bridgehead atoms. The van der Waals surface area contributed by atoms with Crippen molar-refractivity contribution in [2.45, 2.75) is 18.7 Å². The van der Waals surface area contributed by atoms with Crippen molar-refractivity contribution in [3.05, 3.63) is 35.7 Å². The molecule has 3 heterocycles. The van der Waals surface area contributed by atoms with E-state index in [1.807, 2.05) is 0 Å². The highest BCUT2D eigenvalue weighted by Gasteiger charge is 2.38. The molecule has 2 aliphatic heterocycles. The lowest BCUT2D eigenvalue weighted by Crippen LogP contribution is -2.45. The molecular weight excluding hydrogens is 405 g/mol. The van der Waals surface area contributed by atoms with Crippen LogP contribution in [0.1, 0.15) is 24.0 Å². The Morgan fingerprint density at radius 1 is 1.27 bits per heavy atom. The monoisotopic (exact) mass is 424 g/mol. The van der Waals surface area contributed by atoms with Gasteiger partial charge in [0.15, 0.2) is 6.10 Å². The predicted molar refractivity (Wildman–Crippen MR) is 95.8 cm³/mol. The number of amides is 2. The van der Waals surface area contributed by atoms with Gasteiger partial charge in [-0.05, 0) is 12.1 Å². The molecule has 0 aliphatic carbocycles. The van der Waals surface area contributed by atoms with Crippen molar-refractivity contribution in [3.63, 3.8) is 0 Å². The maximum Gasteiger partial charge on any atom is 0.416 e. The lowest BCUT2D eigenvalue weighted by atomic mass is 10.1. The highest BCUT2D eigenvalue weighted by molar-refractivity contribution is 5.89. The zero-order valence-electron chi connectivity index (χ0n) is 16.1. The first kappa shape index (κ1) is 20.3. The summed E-state index contributed by atoms with van der Waals surface area (Å²) >= 11 is 0. The van der Waals surface area contributed by atoms with Crippen LogP contribution >= 0.6 is 0 Å². The van der Waals surface area contributed by atoms with E-state index in [0.717, 1.165) is 12.1 Å². The Morgan fingerprint density at radius 3 is 2.77 bits per heavy atom. The molecule has 0 unspecified atom stereocenters. The van der Waals surface area contributed by atoms with Crippen LogP contribution in [0.4, 0.5) is 13.2 Å². The van der Waals surface area contributed by atoms with E-state index in [9.17, 15) is 22.8 Å². The number of ether oxygens (including phenoxy) is 1. The number of hydrogen-bond donors (Lipinski definition) is 0. The van der Waals surface area contributed by atoms with Gasteiger partial charge in [-0.2, -0.15) is 18.2 Å². The molecule has 2 fully saturated rings. The fourth-order valence-electron chi connectivity index (χ4n) is 3.60. The summed E-state index contributed by atoms with van der Waals surface area (Å²) in [5, 5.41) is 3.76. The number of carbonyl (C=O) groups excluding carboxylic acids is 2. The maximum absolute atomic E-state index is 12.9. The predicted octanol–water partition coefficient (Wildman–Crippen LogP) is 2.13. The van der Waals surface area contributed by atoms with Crippen LogP contribution in [0.3, 0.4) is 0 Å². The smallest absolute Gasteiger partial charge is 0.365 e. The van der Waals surface area contributed by atoms with Crippen LogP contribution in [0.25, 0.3) is 11.4 Å². The molecule has 4 rings (SSSR count). The first-order valence-electron chi connectivity index (χ1n) is 9.38. The van der Waals surface area contributed by atoms with E-state index in [1.54, 1.807) is 11.9 Å². The lowest BCUT2D eigenvalue weighted by molar-refractivity contribution is -0.144. The number of alkyl halides is 3.